The van der Waals surface area contributed by atoms with Crippen LogP contribution in [0.2, 0.25) is 0 Å². The molecule has 152 valence electrons. The van der Waals surface area contributed by atoms with E-state index in [2.05, 4.69) is 26.6 Å². The second kappa shape index (κ2) is 11.8. The molecule has 0 heterocycles. The summed E-state index contributed by atoms with van der Waals surface area (Å²) in [5.41, 5.74) is 5.08. The van der Waals surface area contributed by atoms with Crippen molar-refractivity contribution in [1.82, 2.24) is 26.6 Å². The van der Waals surface area contributed by atoms with E-state index in [1.165, 1.54) is 6.92 Å². The highest BCUT2D eigenvalue weighted by atomic mass is 16.2. The molecule has 11 heteroatoms. The molecule has 1 saturated carbocycles. The Hall–Kier alpha value is -2.69. The van der Waals surface area contributed by atoms with Gasteiger partial charge in [-0.05, 0) is 25.7 Å². The number of nitrogens with one attached hydrogen (secondary N) is 5. The molecule has 0 spiro atoms. The predicted octanol–water partition coefficient (Wildman–Crippen LogP) is -3.14. The first kappa shape index (κ1) is 22.4. The van der Waals surface area contributed by atoms with Gasteiger partial charge in [-0.15, -0.1) is 0 Å². The highest BCUT2D eigenvalue weighted by Crippen LogP contribution is 2.18. The summed E-state index contributed by atoms with van der Waals surface area (Å²) in [4.78, 5) is 56.8. The summed E-state index contributed by atoms with van der Waals surface area (Å²) in [7, 11) is 0. The Bertz CT molecular complexity index is 560. The summed E-state index contributed by atoms with van der Waals surface area (Å²) < 4.78 is 0. The molecule has 1 aliphatic rings. The molecule has 7 N–H and O–H groups in total. The monoisotopic (exact) mass is 384 g/mol. The van der Waals surface area contributed by atoms with Crippen LogP contribution in [0.1, 0.15) is 32.6 Å². The van der Waals surface area contributed by atoms with Crippen LogP contribution < -0.4 is 32.3 Å². The van der Waals surface area contributed by atoms with Crippen LogP contribution in [-0.4, -0.2) is 67.8 Å². The quantitative estimate of drug-likeness (QED) is 0.245. The number of carbonyl (C=O) groups excluding carboxylic acids is 5. The molecule has 0 bridgehead atoms. The van der Waals surface area contributed by atoms with E-state index < -0.39 is 17.7 Å². The molecule has 0 saturated heterocycles. The lowest BCUT2D eigenvalue weighted by molar-refractivity contribution is -0.128. The molecule has 0 atom stereocenters. The maximum atomic E-state index is 11.9. The number of nitrogens with two attached hydrogens (primary N) is 1. The standard InChI is InChI=1S/C16H28N6O5/c1-10(23)21-11-2-4-12(5-3-11)22-16(27)9-20-15(26)8-19-14(25)7-18-13(24)6-17/h11-12H,2-9,17H2,1H3,(H,18,24)(H,19,25)(H,20,26)(H,21,23)(H,22,27). The summed E-state index contributed by atoms with van der Waals surface area (Å²) in [6.45, 7) is 0.495. The zero-order chi connectivity index (χ0) is 20.2. The van der Waals surface area contributed by atoms with Gasteiger partial charge in [-0.25, -0.2) is 0 Å². The van der Waals surface area contributed by atoms with Crippen LogP contribution in [0.3, 0.4) is 0 Å². The van der Waals surface area contributed by atoms with E-state index in [-0.39, 0.29) is 50.1 Å². The number of rotatable bonds is 9. The van der Waals surface area contributed by atoms with Gasteiger partial charge >= 0.3 is 0 Å². The zero-order valence-corrected chi connectivity index (χ0v) is 15.4. The highest BCUT2D eigenvalue weighted by Gasteiger charge is 2.22. The van der Waals surface area contributed by atoms with Gasteiger partial charge in [0.25, 0.3) is 0 Å². The molecule has 27 heavy (non-hydrogen) atoms. The minimum atomic E-state index is -0.535. The van der Waals surface area contributed by atoms with Crippen molar-refractivity contribution in [1.29, 1.82) is 0 Å². The van der Waals surface area contributed by atoms with Crippen molar-refractivity contribution in [2.75, 3.05) is 26.2 Å². The molecule has 1 fully saturated rings. The molecule has 0 aromatic rings. The molecule has 0 unspecified atom stereocenters. The fourth-order valence-corrected chi connectivity index (χ4v) is 2.68. The van der Waals surface area contributed by atoms with Crippen LogP contribution in [0.15, 0.2) is 0 Å². The van der Waals surface area contributed by atoms with E-state index in [9.17, 15) is 24.0 Å². The van der Waals surface area contributed by atoms with Crippen molar-refractivity contribution >= 4 is 29.5 Å². The van der Waals surface area contributed by atoms with Crippen molar-refractivity contribution in [2.45, 2.75) is 44.7 Å². The normalized spacial score (nSPS) is 18.7. The molecular formula is C16H28N6O5. The SMILES string of the molecule is CC(=O)NC1CCC(NC(=O)CNC(=O)CNC(=O)CNC(=O)CN)CC1. The Morgan fingerprint density at radius 3 is 1.56 bits per heavy atom. The van der Waals surface area contributed by atoms with Crippen LogP contribution in [0.25, 0.3) is 0 Å². The summed E-state index contributed by atoms with van der Waals surface area (Å²) in [5.74, 6) is -1.89. The van der Waals surface area contributed by atoms with E-state index in [1.807, 2.05) is 0 Å². The average molecular weight is 384 g/mol. The first-order valence-electron chi connectivity index (χ1n) is 8.86. The minimum Gasteiger partial charge on any atom is -0.354 e. The van der Waals surface area contributed by atoms with Crippen molar-refractivity contribution in [3.63, 3.8) is 0 Å². The maximum Gasteiger partial charge on any atom is 0.239 e. The third-order valence-electron chi connectivity index (χ3n) is 4.02. The Kier molecular flexibility index (Phi) is 9.80. The maximum absolute atomic E-state index is 11.9. The van der Waals surface area contributed by atoms with Gasteiger partial charge in [-0.3, -0.25) is 24.0 Å². The Labute approximate surface area is 157 Å². The fraction of sp³-hybridized carbons (Fsp3) is 0.688. The molecule has 0 aliphatic heterocycles. The molecule has 0 radical (unpaired) electrons. The van der Waals surface area contributed by atoms with Crippen LogP contribution in [0.4, 0.5) is 0 Å². The van der Waals surface area contributed by atoms with Gasteiger partial charge in [-0.1, -0.05) is 0 Å². The van der Waals surface area contributed by atoms with Gasteiger partial charge < -0.3 is 32.3 Å². The number of hydrogen-bond acceptors (Lipinski definition) is 6. The third-order valence-corrected chi connectivity index (χ3v) is 4.02. The third kappa shape index (κ3) is 10.1. The van der Waals surface area contributed by atoms with E-state index in [4.69, 9.17) is 5.73 Å². The Morgan fingerprint density at radius 1 is 0.704 bits per heavy atom. The smallest absolute Gasteiger partial charge is 0.239 e. The summed E-state index contributed by atoms with van der Waals surface area (Å²) in [6, 6.07) is 0.166. The number of amides is 5. The van der Waals surface area contributed by atoms with Crippen molar-refractivity contribution < 1.29 is 24.0 Å². The van der Waals surface area contributed by atoms with Gasteiger partial charge in [0.2, 0.25) is 29.5 Å². The second-order valence-corrected chi connectivity index (χ2v) is 6.35. The van der Waals surface area contributed by atoms with Gasteiger partial charge in [0.05, 0.1) is 26.2 Å². The van der Waals surface area contributed by atoms with E-state index >= 15 is 0 Å². The van der Waals surface area contributed by atoms with E-state index in [1.54, 1.807) is 0 Å². The van der Waals surface area contributed by atoms with Crippen molar-refractivity contribution in [2.24, 2.45) is 5.73 Å². The zero-order valence-electron chi connectivity index (χ0n) is 15.4. The predicted molar refractivity (Wildman–Crippen MR) is 96.1 cm³/mol. The molecule has 5 amide bonds. The first-order chi connectivity index (χ1) is 12.8. The second-order valence-electron chi connectivity index (χ2n) is 6.35. The van der Waals surface area contributed by atoms with Gasteiger partial charge in [0, 0.05) is 19.0 Å². The summed E-state index contributed by atoms with van der Waals surface area (Å²) in [6.07, 6.45) is 3.11. The molecule has 0 aromatic heterocycles. The van der Waals surface area contributed by atoms with Gasteiger partial charge in [0.1, 0.15) is 0 Å². The summed E-state index contributed by atoms with van der Waals surface area (Å²) in [5, 5.41) is 12.7. The molecule has 1 aliphatic carbocycles. The van der Waals surface area contributed by atoms with Crippen LogP contribution in [-0.2, 0) is 24.0 Å². The molecule has 1 rings (SSSR count). The molecule has 11 nitrogen and oxygen atoms in total. The lowest BCUT2D eigenvalue weighted by Gasteiger charge is -2.29. The van der Waals surface area contributed by atoms with Crippen LogP contribution >= 0.6 is 0 Å². The minimum absolute atomic E-state index is 0.0188. The number of hydrogen-bond donors (Lipinski definition) is 6. The molecular weight excluding hydrogens is 356 g/mol. The Morgan fingerprint density at radius 2 is 1.11 bits per heavy atom. The topological polar surface area (TPSA) is 172 Å². The van der Waals surface area contributed by atoms with Crippen LogP contribution in [0.5, 0.6) is 0 Å². The Balaban J connectivity index is 2.14. The lowest BCUT2D eigenvalue weighted by atomic mass is 9.91. The number of carbonyl (C=O) groups is 5. The van der Waals surface area contributed by atoms with Gasteiger partial charge in [-0.2, -0.15) is 0 Å². The highest BCUT2D eigenvalue weighted by molar-refractivity contribution is 5.90. The average Bonchev–Trinajstić information content (AvgIpc) is 2.63. The van der Waals surface area contributed by atoms with Crippen molar-refractivity contribution in [3.8, 4) is 0 Å². The van der Waals surface area contributed by atoms with Crippen LogP contribution in [0, 0.1) is 0 Å². The largest absolute Gasteiger partial charge is 0.354 e. The lowest BCUT2D eigenvalue weighted by Crippen LogP contribution is -2.47. The van der Waals surface area contributed by atoms with Crippen molar-refractivity contribution in [3.05, 3.63) is 0 Å². The van der Waals surface area contributed by atoms with E-state index in [0.717, 1.165) is 25.7 Å². The van der Waals surface area contributed by atoms with E-state index in [0.29, 0.717) is 0 Å². The first-order valence-corrected chi connectivity index (χ1v) is 8.86. The summed E-state index contributed by atoms with van der Waals surface area (Å²) >= 11 is 0. The van der Waals surface area contributed by atoms with Gasteiger partial charge in [0.15, 0.2) is 0 Å². The molecule has 0 aromatic carbocycles. The fourth-order valence-electron chi connectivity index (χ4n) is 2.68.